The van der Waals surface area contributed by atoms with Gasteiger partial charge in [0.05, 0.1) is 33.3 Å². The number of aromatic nitrogens is 1. The van der Waals surface area contributed by atoms with Gasteiger partial charge in [0.15, 0.2) is 0 Å². The van der Waals surface area contributed by atoms with Crippen LogP contribution in [0.2, 0.25) is 15.1 Å². The van der Waals surface area contributed by atoms with Crippen molar-refractivity contribution in [3.63, 3.8) is 0 Å². The maximum atomic E-state index is 13.1. The monoisotopic (exact) mass is 314 g/mol. The van der Waals surface area contributed by atoms with Gasteiger partial charge in [-0.1, -0.05) is 40.9 Å². The van der Waals surface area contributed by atoms with Gasteiger partial charge in [-0.2, -0.15) is 9.65 Å². The smallest absolute Gasteiger partial charge is 0.213 e. The van der Waals surface area contributed by atoms with Gasteiger partial charge in [0.2, 0.25) is 5.95 Å². The Kier molecular flexibility index (Phi) is 4.26. The van der Waals surface area contributed by atoms with Gasteiger partial charge < -0.3 is 0 Å². The average molecular weight is 316 g/mol. The zero-order chi connectivity index (χ0) is 14.0. The molecule has 0 bridgehead atoms. The highest BCUT2D eigenvalue weighted by molar-refractivity contribution is 6.49. The number of halogens is 4. The molecule has 2 rings (SSSR count). The highest BCUT2D eigenvalue weighted by Crippen LogP contribution is 2.38. The first-order valence-electron chi connectivity index (χ1n) is 5.21. The molecule has 0 radical (unpaired) electrons. The van der Waals surface area contributed by atoms with Gasteiger partial charge in [0, 0.05) is 11.1 Å². The first-order chi connectivity index (χ1) is 9.04. The summed E-state index contributed by atoms with van der Waals surface area (Å²) in [5.41, 5.74) is 1.43. The predicted octanol–water partition coefficient (Wildman–Crippen LogP) is 4.91. The summed E-state index contributed by atoms with van der Waals surface area (Å²) in [6, 6.07) is 7.90. The topological polar surface area (TPSA) is 36.7 Å². The lowest BCUT2D eigenvalue weighted by molar-refractivity contribution is 0.579. The van der Waals surface area contributed by atoms with Crippen LogP contribution in [0.3, 0.4) is 0 Å². The minimum Gasteiger partial charge on any atom is -0.223 e. The molecule has 0 spiro atoms. The standard InChI is InChI=1S/C13H6Cl3FN2/c14-9-3-1-8(12(15)13(9)16)7-2-4-11(17)19-10(7)5-6-18/h1-4H,5H2. The molecule has 0 saturated heterocycles. The summed E-state index contributed by atoms with van der Waals surface area (Å²) in [6.07, 6.45) is -0.0241. The number of nitrogens with zero attached hydrogens (tertiary/aromatic N) is 2. The first kappa shape index (κ1) is 14.1. The fourth-order valence-electron chi connectivity index (χ4n) is 1.66. The van der Waals surface area contributed by atoms with E-state index in [0.717, 1.165) is 0 Å². The number of nitriles is 1. The summed E-state index contributed by atoms with van der Waals surface area (Å²) in [4.78, 5) is 3.71. The van der Waals surface area contributed by atoms with E-state index >= 15 is 0 Å². The molecule has 1 aromatic carbocycles. The number of pyridine rings is 1. The third-order valence-electron chi connectivity index (χ3n) is 2.51. The van der Waals surface area contributed by atoms with E-state index in [1.807, 2.05) is 6.07 Å². The summed E-state index contributed by atoms with van der Waals surface area (Å²) in [7, 11) is 0. The number of rotatable bonds is 2. The molecule has 2 nitrogen and oxygen atoms in total. The Hall–Kier alpha value is -1.34. The summed E-state index contributed by atoms with van der Waals surface area (Å²) in [6.45, 7) is 0. The maximum Gasteiger partial charge on any atom is 0.213 e. The molecule has 1 aromatic heterocycles. The Morgan fingerprint density at radius 1 is 1.05 bits per heavy atom. The van der Waals surface area contributed by atoms with E-state index in [-0.39, 0.29) is 16.5 Å². The maximum absolute atomic E-state index is 13.1. The minimum absolute atomic E-state index is 0.0241. The van der Waals surface area contributed by atoms with E-state index in [1.165, 1.54) is 12.1 Å². The van der Waals surface area contributed by atoms with Crippen LogP contribution in [0.15, 0.2) is 24.3 Å². The molecule has 0 N–H and O–H groups in total. The third kappa shape index (κ3) is 2.82. The van der Waals surface area contributed by atoms with Crippen LogP contribution in [-0.4, -0.2) is 4.98 Å². The van der Waals surface area contributed by atoms with Gasteiger partial charge in [-0.05, 0) is 18.2 Å². The van der Waals surface area contributed by atoms with E-state index in [4.69, 9.17) is 40.1 Å². The molecule has 19 heavy (non-hydrogen) atoms. The number of hydrogen-bond acceptors (Lipinski definition) is 2. The average Bonchev–Trinajstić information content (AvgIpc) is 2.38. The van der Waals surface area contributed by atoms with Gasteiger partial charge in [-0.3, -0.25) is 0 Å². The lowest BCUT2D eigenvalue weighted by Crippen LogP contribution is -1.96. The second kappa shape index (κ2) is 5.75. The Morgan fingerprint density at radius 3 is 2.42 bits per heavy atom. The lowest BCUT2D eigenvalue weighted by Gasteiger charge is -2.10. The van der Waals surface area contributed by atoms with Gasteiger partial charge >= 0.3 is 0 Å². The van der Waals surface area contributed by atoms with Crippen LogP contribution in [0.4, 0.5) is 4.39 Å². The normalized spacial score (nSPS) is 10.3. The third-order valence-corrected chi connectivity index (χ3v) is 3.81. The van der Waals surface area contributed by atoms with Crippen molar-refractivity contribution in [2.24, 2.45) is 0 Å². The molecule has 6 heteroatoms. The van der Waals surface area contributed by atoms with Gasteiger partial charge in [0.1, 0.15) is 0 Å². The molecular formula is C13H6Cl3FN2. The number of benzene rings is 1. The van der Waals surface area contributed by atoms with Gasteiger partial charge in [0.25, 0.3) is 0 Å². The SMILES string of the molecule is N#CCc1nc(F)ccc1-c1ccc(Cl)c(Cl)c1Cl. The van der Waals surface area contributed by atoms with Crippen molar-refractivity contribution in [3.8, 4) is 17.2 Å². The van der Waals surface area contributed by atoms with Crippen molar-refractivity contribution < 1.29 is 4.39 Å². The molecule has 1 heterocycles. The highest BCUT2D eigenvalue weighted by Gasteiger charge is 2.14. The summed E-state index contributed by atoms with van der Waals surface area (Å²) >= 11 is 17.9. The molecule has 0 fully saturated rings. The molecule has 0 aliphatic heterocycles. The highest BCUT2D eigenvalue weighted by atomic mass is 35.5. The molecule has 0 unspecified atom stereocenters. The summed E-state index contributed by atoms with van der Waals surface area (Å²) in [5.74, 6) is -0.648. The van der Waals surface area contributed by atoms with E-state index in [1.54, 1.807) is 12.1 Å². The van der Waals surface area contributed by atoms with Crippen molar-refractivity contribution in [2.45, 2.75) is 6.42 Å². The van der Waals surface area contributed by atoms with Crippen molar-refractivity contribution in [1.82, 2.24) is 4.98 Å². The zero-order valence-corrected chi connectivity index (χ0v) is 11.7. The molecule has 0 saturated carbocycles. The fourth-order valence-corrected chi connectivity index (χ4v) is 2.30. The predicted molar refractivity (Wildman–Crippen MR) is 74.0 cm³/mol. The molecule has 0 aliphatic rings. The van der Waals surface area contributed by atoms with Crippen LogP contribution in [0, 0.1) is 17.3 Å². The molecule has 0 amide bonds. The van der Waals surface area contributed by atoms with E-state index in [2.05, 4.69) is 4.98 Å². The van der Waals surface area contributed by atoms with Crippen LogP contribution >= 0.6 is 34.8 Å². The van der Waals surface area contributed by atoms with Gasteiger partial charge in [-0.25, -0.2) is 4.98 Å². The zero-order valence-electron chi connectivity index (χ0n) is 9.42. The lowest BCUT2D eigenvalue weighted by atomic mass is 10.0. The largest absolute Gasteiger partial charge is 0.223 e. The van der Waals surface area contributed by atoms with E-state index < -0.39 is 5.95 Å². The van der Waals surface area contributed by atoms with Crippen molar-refractivity contribution in [3.05, 3.63) is 51.0 Å². The van der Waals surface area contributed by atoms with Crippen LogP contribution < -0.4 is 0 Å². The molecule has 0 atom stereocenters. The van der Waals surface area contributed by atoms with Crippen molar-refractivity contribution >= 4 is 34.8 Å². The second-order valence-electron chi connectivity index (χ2n) is 3.69. The Labute approximate surface area is 124 Å². The molecule has 2 aromatic rings. The van der Waals surface area contributed by atoms with Crippen LogP contribution in [0.1, 0.15) is 5.69 Å². The quantitative estimate of drug-likeness (QED) is 0.583. The second-order valence-corrected chi connectivity index (χ2v) is 4.85. The summed E-state index contributed by atoms with van der Waals surface area (Å²) in [5, 5.41) is 9.55. The van der Waals surface area contributed by atoms with E-state index in [0.29, 0.717) is 21.8 Å². The van der Waals surface area contributed by atoms with Crippen LogP contribution in [0.25, 0.3) is 11.1 Å². The van der Waals surface area contributed by atoms with Crippen LogP contribution in [0.5, 0.6) is 0 Å². The minimum atomic E-state index is -0.648. The Morgan fingerprint density at radius 2 is 1.74 bits per heavy atom. The van der Waals surface area contributed by atoms with Crippen LogP contribution in [-0.2, 0) is 6.42 Å². The molecular weight excluding hydrogens is 310 g/mol. The molecule has 96 valence electrons. The van der Waals surface area contributed by atoms with E-state index in [9.17, 15) is 4.39 Å². The number of hydrogen-bond donors (Lipinski definition) is 0. The fraction of sp³-hybridized carbons (Fsp3) is 0.0769. The Bertz CT molecular complexity index is 680. The molecule has 0 aliphatic carbocycles. The summed E-state index contributed by atoms with van der Waals surface area (Å²) < 4.78 is 13.1. The Balaban J connectivity index is 2.66. The first-order valence-corrected chi connectivity index (χ1v) is 6.34. The van der Waals surface area contributed by atoms with Crippen molar-refractivity contribution in [2.75, 3.05) is 0 Å². The van der Waals surface area contributed by atoms with Gasteiger partial charge in [-0.15, -0.1) is 0 Å². The van der Waals surface area contributed by atoms with Crippen molar-refractivity contribution in [1.29, 1.82) is 5.26 Å².